The van der Waals surface area contributed by atoms with E-state index in [9.17, 15) is 9.90 Å². The topological polar surface area (TPSA) is 96.8 Å². The quantitative estimate of drug-likeness (QED) is 0.353. The van der Waals surface area contributed by atoms with Crippen molar-refractivity contribution in [2.24, 2.45) is 11.7 Å². The molecule has 1 aromatic heterocycles. The number of aromatic nitrogens is 2. The lowest BCUT2D eigenvalue weighted by atomic mass is 9.95. The highest BCUT2D eigenvalue weighted by Crippen LogP contribution is 2.30. The molecule has 0 unspecified atom stereocenters. The number of carbonyl (C=O) groups excluding carboxylic acids is 1. The van der Waals surface area contributed by atoms with E-state index in [1.165, 1.54) is 5.69 Å². The lowest BCUT2D eigenvalue weighted by Gasteiger charge is -2.33. The average molecular weight is 548 g/mol. The van der Waals surface area contributed by atoms with E-state index in [0.717, 1.165) is 80.7 Å². The molecule has 0 bridgehead atoms. The number of rotatable bonds is 11. The van der Waals surface area contributed by atoms with Gasteiger partial charge in [-0.3, -0.25) is 4.79 Å². The van der Waals surface area contributed by atoms with Crippen LogP contribution in [0.25, 0.3) is 11.0 Å². The molecule has 3 N–H and O–H groups in total. The van der Waals surface area contributed by atoms with E-state index >= 15 is 0 Å². The van der Waals surface area contributed by atoms with Gasteiger partial charge in [0, 0.05) is 77.1 Å². The molecule has 40 heavy (non-hydrogen) atoms. The highest BCUT2D eigenvalue weighted by atomic mass is 16.5. The molecular formula is C32H45N5O3. The number of methoxy groups -OCH3 is 1. The minimum Gasteiger partial charge on any atom is -0.396 e. The number of hydrogen-bond acceptors (Lipinski definition) is 6. The van der Waals surface area contributed by atoms with Crippen LogP contribution in [0, 0.1) is 5.92 Å². The number of hydrogen-bond donors (Lipinski definition) is 2. The van der Waals surface area contributed by atoms with Crippen LogP contribution in [0.2, 0.25) is 0 Å². The van der Waals surface area contributed by atoms with Crippen LogP contribution in [-0.4, -0.2) is 78.0 Å². The number of para-hydroxylation sites is 2. The van der Waals surface area contributed by atoms with Gasteiger partial charge in [0.1, 0.15) is 5.82 Å². The number of likely N-dealkylation sites (tertiary alicyclic amines) is 1. The van der Waals surface area contributed by atoms with Gasteiger partial charge in [0.05, 0.1) is 11.0 Å². The number of ether oxygens (including phenoxy) is 1. The van der Waals surface area contributed by atoms with E-state index in [4.69, 9.17) is 15.5 Å². The number of aryl methyl sites for hydroxylation is 1. The fourth-order valence-electron chi connectivity index (χ4n) is 6.37. The smallest absolute Gasteiger partial charge is 0.224 e. The first kappa shape index (κ1) is 28.6. The Bertz CT molecular complexity index is 1240. The Morgan fingerprint density at radius 3 is 2.62 bits per heavy atom. The summed E-state index contributed by atoms with van der Waals surface area (Å²) in [5.74, 6) is 1.88. The van der Waals surface area contributed by atoms with E-state index in [0.29, 0.717) is 31.9 Å². The van der Waals surface area contributed by atoms with Crippen molar-refractivity contribution in [3.63, 3.8) is 0 Å². The number of nitrogens with zero attached hydrogens (tertiary/aromatic N) is 4. The number of amides is 1. The van der Waals surface area contributed by atoms with E-state index in [2.05, 4.69) is 51.9 Å². The minimum absolute atomic E-state index is 0.141. The van der Waals surface area contributed by atoms with Gasteiger partial charge >= 0.3 is 0 Å². The molecule has 0 spiro atoms. The molecule has 8 heteroatoms. The van der Waals surface area contributed by atoms with Gasteiger partial charge < -0.3 is 29.9 Å². The fourth-order valence-corrected chi connectivity index (χ4v) is 6.37. The number of fused-ring (bicyclic) bond motifs is 1. The van der Waals surface area contributed by atoms with Gasteiger partial charge in [0.25, 0.3) is 0 Å². The molecule has 2 atom stereocenters. The third-order valence-electron chi connectivity index (χ3n) is 8.66. The Kier molecular flexibility index (Phi) is 9.73. The summed E-state index contributed by atoms with van der Waals surface area (Å²) in [6, 6.07) is 16.7. The Morgan fingerprint density at radius 1 is 1.10 bits per heavy atom. The third-order valence-corrected chi connectivity index (χ3v) is 8.66. The molecule has 216 valence electrons. The van der Waals surface area contributed by atoms with Crippen LogP contribution in [0.5, 0.6) is 0 Å². The highest BCUT2D eigenvalue weighted by Gasteiger charge is 2.29. The SMILES string of the molecule is COCCCn1c([C@@H]2CCCN(C(=O)C[C@H](N)Cc3ccc(N4CCC(CO)CC4)cc3)C2)nc2ccccc21. The van der Waals surface area contributed by atoms with Crippen molar-refractivity contribution in [3.05, 3.63) is 59.9 Å². The summed E-state index contributed by atoms with van der Waals surface area (Å²) in [5, 5.41) is 9.39. The van der Waals surface area contributed by atoms with Gasteiger partial charge in [0.2, 0.25) is 5.91 Å². The van der Waals surface area contributed by atoms with Gasteiger partial charge in [-0.15, -0.1) is 0 Å². The Labute approximate surface area is 238 Å². The van der Waals surface area contributed by atoms with Gasteiger partial charge in [-0.2, -0.15) is 0 Å². The second kappa shape index (κ2) is 13.6. The highest BCUT2D eigenvalue weighted by molar-refractivity contribution is 5.78. The van der Waals surface area contributed by atoms with Crippen LogP contribution in [0.1, 0.15) is 55.8 Å². The summed E-state index contributed by atoms with van der Waals surface area (Å²) in [4.78, 5) is 22.7. The van der Waals surface area contributed by atoms with E-state index < -0.39 is 0 Å². The lowest BCUT2D eigenvalue weighted by Crippen LogP contribution is -2.42. The summed E-state index contributed by atoms with van der Waals surface area (Å²) in [7, 11) is 1.74. The van der Waals surface area contributed by atoms with Crippen molar-refractivity contribution >= 4 is 22.6 Å². The zero-order valence-corrected chi connectivity index (χ0v) is 23.9. The van der Waals surface area contributed by atoms with E-state index in [1.807, 2.05) is 11.0 Å². The van der Waals surface area contributed by atoms with Crippen LogP contribution in [0.3, 0.4) is 0 Å². The fraction of sp³-hybridized carbons (Fsp3) is 0.562. The van der Waals surface area contributed by atoms with Crippen LogP contribution >= 0.6 is 0 Å². The van der Waals surface area contributed by atoms with E-state index in [1.54, 1.807) is 7.11 Å². The van der Waals surface area contributed by atoms with Crippen molar-refractivity contribution in [3.8, 4) is 0 Å². The summed E-state index contributed by atoms with van der Waals surface area (Å²) >= 11 is 0. The van der Waals surface area contributed by atoms with Crippen molar-refractivity contribution < 1.29 is 14.6 Å². The molecule has 0 saturated carbocycles. The normalized spacial score (nSPS) is 19.3. The molecule has 0 aliphatic carbocycles. The maximum Gasteiger partial charge on any atom is 0.224 e. The van der Waals surface area contributed by atoms with Crippen LogP contribution in [0.15, 0.2) is 48.5 Å². The summed E-state index contributed by atoms with van der Waals surface area (Å²) in [5.41, 5.74) is 11.1. The molecule has 1 amide bonds. The minimum atomic E-state index is -0.211. The van der Waals surface area contributed by atoms with Crippen molar-refractivity contribution in [2.75, 3.05) is 51.4 Å². The Hall–Kier alpha value is -2.94. The number of piperidine rings is 2. The van der Waals surface area contributed by atoms with Gasteiger partial charge in [0.15, 0.2) is 0 Å². The van der Waals surface area contributed by atoms with Crippen molar-refractivity contribution in [1.82, 2.24) is 14.5 Å². The van der Waals surface area contributed by atoms with Crippen LogP contribution < -0.4 is 10.6 Å². The molecule has 8 nitrogen and oxygen atoms in total. The molecule has 2 saturated heterocycles. The largest absolute Gasteiger partial charge is 0.396 e. The number of carbonyl (C=O) groups is 1. The van der Waals surface area contributed by atoms with Crippen molar-refractivity contribution in [2.45, 2.75) is 63.5 Å². The maximum absolute atomic E-state index is 13.3. The molecule has 3 heterocycles. The molecule has 2 aliphatic heterocycles. The van der Waals surface area contributed by atoms with Crippen LogP contribution in [0.4, 0.5) is 5.69 Å². The molecule has 3 aromatic rings. The predicted molar refractivity (Wildman–Crippen MR) is 160 cm³/mol. The number of aliphatic hydroxyl groups is 1. The monoisotopic (exact) mass is 547 g/mol. The van der Waals surface area contributed by atoms with Gasteiger partial charge in [-0.05, 0) is 74.3 Å². The summed E-state index contributed by atoms with van der Waals surface area (Å²) in [6.45, 7) is 5.31. The number of anilines is 1. The van der Waals surface area contributed by atoms with Crippen molar-refractivity contribution in [1.29, 1.82) is 0 Å². The number of imidazole rings is 1. The first-order chi connectivity index (χ1) is 19.6. The molecule has 5 rings (SSSR count). The molecule has 2 aliphatic rings. The Morgan fingerprint density at radius 2 is 1.88 bits per heavy atom. The lowest BCUT2D eigenvalue weighted by molar-refractivity contribution is -0.132. The summed E-state index contributed by atoms with van der Waals surface area (Å²) in [6.07, 6.45) is 6.05. The third kappa shape index (κ3) is 6.85. The van der Waals surface area contributed by atoms with Gasteiger partial charge in [-0.25, -0.2) is 4.98 Å². The summed E-state index contributed by atoms with van der Waals surface area (Å²) < 4.78 is 7.63. The predicted octanol–water partition coefficient (Wildman–Crippen LogP) is 3.95. The second-order valence-electron chi connectivity index (χ2n) is 11.6. The molecular weight excluding hydrogens is 502 g/mol. The second-order valence-corrected chi connectivity index (χ2v) is 11.6. The number of nitrogens with two attached hydrogens (primary N) is 1. The zero-order valence-electron chi connectivity index (χ0n) is 23.9. The first-order valence-electron chi connectivity index (χ1n) is 15.0. The van der Waals surface area contributed by atoms with Gasteiger partial charge in [-0.1, -0.05) is 24.3 Å². The van der Waals surface area contributed by atoms with Crippen LogP contribution in [-0.2, 0) is 22.5 Å². The standard InChI is InChI=1S/C32H45N5O3/c1-40-19-5-16-37-30-8-3-2-7-29(30)34-32(37)26-6-4-15-36(22-26)31(39)21-27(33)20-24-9-11-28(12-10-24)35-17-13-25(23-38)14-18-35/h2-3,7-12,25-27,38H,4-6,13-23,33H2,1H3/t26-,27-/m1/s1. The average Bonchev–Trinajstić information content (AvgIpc) is 3.36. The zero-order chi connectivity index (χ0) is 27.9. The Balaban J connectivity index is 1.17. The van der Waals surface area contributed by atoms with E-state index in [-0.39, 0.29) is 24.5 Å². The number of benzene rings is 2. The number of aliphatic hydroxyl groups excluding tert-OH is 1. The molecule has 0 radical (unpaired) electrons. The first-order valence-corrected chi connectivity index (χ1v) is 15.0. The maximum atomic E-state index is 13.3. The molecule has 2 fully saturated rings. The molecule has 2 aromatic carbocycles.